The number of hydrogen-bond donors (Lipinski definition) is 1. The van der Waals surface area contributed by atoms with E-state index < -0.39 is 22.6 Å². The highest BCUT2D eigenvalue weighted by molar-refractivity contribution is 7.17. The van der Waals surface area contributed by atoms with Crippen molar-refractivity contribution in [2.24, 2.45) is 0 Å². The van der Waals surface area contributed by atoms with E-state index in [-0.39, 0.29) is 23.9 Å². The van der Waals surface area contributed by atoms with Crippen molar-refractivity contribution < 1.29 is 28.4 Å². The summed E-state index contributed by atoms with van der Waals surface area (Å²) in [4.78, 5) is 37.1. The van der Waals surface area contributed by atoms with E-state index in [0.29, 0.717) is 23.6 Å². The van der Waals surface area contributed by atoms with Gasteiger partial charge in [0.25, 0.3) is 5.91 Å². The van der Waals surface area contributed by atoms with E-state index in [2.05, 4.69) is 10.4 Å². The first-order valence-electron chi connectivity index (χ1n) is 11.1. The number of ether oxygens (including phenoxy) is 2. The Morgan fingerprint density at radius 3 is 2.86 bits per heavy atom. The predicted octanol–water partition coefficient (Wildman–Crippen LogP) is 4.73. The number of thiophene rings is 1. The first-order valence-corrected chi connectivity index (χ1v) is 11.9. The largest absolute Gasteiger partial charge is 0.464 e. The minimum absolute atomic E-state index is 0.0570. The van der Waals surface area contributed by atoms with E-state index in [1.54, 1.807) is 0 Å². The highest BCUT2D eigenvalue weighted by Crippen LogP contribution is 2.38. The topological polar surface area (TPSA) is 126 Å². The summed E-state index contributed by atoms with van der Waals surface area (Å²) in [5, 5.41) is 18.5. The Bertz CT molecular complexity index is 1270. The predicted molar refractivity (Wildman–Crippen MR) is 125 cm³/mol. The maximum atomic E-state index is 13.5. The third-order valence-corrected chi connectivity index (χ3v) is 6.59. The first kappa shape index (κ1) is 24.3. The molecule has 1 aliphatic carbocycles. The summed E-state index contributed by atoms with van der Waals surface area (Å²) in [5.74, 6) is -1.91. The number of fused-ring (bicyclic) bond motifs is 1. The van der Waals surface area contributed by atoms with Crippen molar-refractivity contribution in [3.8, 4) is 5.75 Å². The number of carbonyl (C=O) groups excluding carboxylic acids is 2. The zero-order valence-electron chi connectivity index (χ0n) is 18.9. The van der Waals surface area contributed by atoms with Crippen LogP contribution in [0.2, 0.25) is 0 Å². The average molecular weight is 503 g/mol. The molecule has 0 bridgehead atoms. The fourth-order valence-corrected chi connectivity index (χ4v) is 5.02. The molecular weight excluding hydrogens is 479 g/mol. The molecule has 1 aromatic carbocycles. The summed E-state index contributed by atoms with van der Waals surface area (Å²) < 4.78 is 25.4. The van der Waals surface area contributed by atoms with Crippen LogP contribution in [0, 0.1) is 15.9 Å². The zero-order valence-corrected chi connectivity index (χ0v) is 19.7. The van der Waals surface area contributed by atoms with E-state index >= 15 is 0 Å². The van der Waals surface area contributed by atoms with Crippen LogP contribution in [0.25, 0.3) is 0 Å². The highest BCUT2D eigenvalue weighted by atomic mass is 32.1. The number of esters is 1. The summed E-state index contributed by atoms with van der Waals surface area (Å²) in [5.41, 5.74) is 1.02. The highest BCUT2D eigenvalue weighted by Gasteiger charge is 2.28. The number of nitrogens with zero attached hydrogens (tertiary/aromatic N) is 3. The molecule has 1 aliphatic rings. The van der Waals surface area contributed by atoms with Gasteiger partial charge in [-0.3, -0.25) is 14.9 Å². The minimum atomic E-state index is -0.682. The molecule has 3 aromatic rings. The summed E-state index contributed by atoms with van der Waals surface area (Å²) >= 11 is 1.38. The van der Waals surface area contributed by atoms with Gasteiger partial charge in [0, 0.05) is 23.2 Å². The summed E-state index contributed by atoms with van der Waals surface area (Å²) in [6.45, 7) is 1.93. The van der Waals surface area contributed by atoms with Crippen molar-refractivity contribution in [3.63, 3.8) is 0 Å². The number of nitrogens with one attached hydrogen (secondary N) is 1. The van der Waals surface area contributed by atoms with Gasteiger partial charge in [-0.1, -0.05) is 6.92 Å². The van der Waals surface area contributed by atoms with E-state index in [1.807, 2.05) is 6.92 Å². The molecule has 2 heterocycles. The third-order valence-electron chi connectivity index (χ3n) is 5.38. The van der Waals surface area contributed by atoms with Crippen molar-refractivity contribution in [2.75, 3.05) is 11.9 Å². The number of rotatable bonds is 9. The lowest BCUT2D eigenvalue weighted by atomic mass is 9.95. The van der Waals surface area contributed by atoms with Crippen LogP contribution in [-0.2, 0) is 24.3 Å². The molecule has 4 rings (SSSR count). The Hall–Kier alpha value is -3.80. The minimum Gasteiger partial charge on any atom is -0.464 e. The van der Waals surface area contributed by atoms with Gasteiger partial charge in [-0.15, -0.1) is 11.3 Å². The average Bonchev–Trinajstić information content (AvgIpc) is 3.45. The van der Waals surface area contributed by atoms with Gasteiger partial charge in [0.05, 0.1) is 17.1 Å². The summed E-state index contributed by atoms with van der Waals surface area (Å²) in [6.07, 6.45) is 5.75. The molecule has 10 nitrogen and oxygen atoms in total. The Morgan fingerprint density at radius 2 is 2.09 bits per heavy atom. The Balaban J connectivity index is 1.48. The van der Waals surface area contributed by atoms with Gasteiger partial charge < -0.3 is 14.8 Å². The van der Waals surface area contributed by atoms with Crippen molar-refractivity contribution in [1.82, 2.24) is 9.78 Å². The number of hydrogen-bond acceptors (Lipinski definition) is 8. The molecular formula is C23H23FN4O6S. The lowest BCUT2D eigenvalue weighted by Crippen LogP contribution is -2.17. The van der Waals surface area contributed by atoms with Gasteiger partial charge in [0.1, 0.15) is 10.8 Å². The molecule has 12 heteroatoms. The van der Waals surface area contributed by atoms with Crippen LogP contribution in [0.15, 0.2) is 30.5 Å². The lowest BCUT2D eigenvalue weighted by Gasteiger charge is -2.12. The van der Waals surface area contributed by atoms with Gasteiger partial charge in [-0.05, 0) is 49.8 Å². The van der Waals surface area contributed by atoms with Crippen LogP contribution in [0.4, 0.5) is 15.1 Å². The summed E-state index contributed by atoms with van der Waals surface area (Å²) in [7, 11) is 0. The number of nitro groups is 1. The third kappa shape index (κ3) is 5.48. The van der Waals surface area contributed by atoms with E-state index in [4.69, 9.17) is 9.47 Å². The SMILES string of the molecule is CCCOC(=O)c1c(NC(=O)c2ccn(COc3cc(F)ccc3[N+](=O)[O-])n2)sc2c1CCCC2. The van der Waals surface area contributed by atoms with Gasteiger partial charge in [-0.2, -0.15) is 5.10 Å². The van der Waals surface area contributed by atoms with Gasteiger partial charge in [-0.25, -0.2) is 13.9 Å². The Morgan fingerprint density at radius 1 is 1.29 bits per heavy atom. The molecule has 1 amide bonds. The van der Waals surface area contributed by atoms with Crippen LogP contribution in [0.1, 0.15) is 57.5 Å². The number of halogens is 1. The molecule has 0 aliphatic heterocycles. The van der Waals surface area contributed by atoms with Crippen molar-refractivity contribution >= 4 is 33.9 Å². The Labute approximate surface area is 203 Å². The second kappa shape index (κ2) is 10.6. The maximum absolute atomic E-state index is 13.5. The number of anilines is 1. The van der Waals surface area contributed by atoms with Crippen molar-refractivity contribution in [3.05, 3.63) is 68.1 Å². The number of aromatic nitrogens is 2. The smallest absolute Gasteiger partial charge is 0.341 e. The maximum Gasteiger partial charge on any atom is 0.341 e. The summed E-state index contributed by atoms with van der Waals surface area (Å²) in [6, 6.07) is 4.33. The monoisotopic (exact) mass is 502 g/mol. The van der Waals surface area contributed by atoms with Crippen LogP contribution in [0.5, 0.6) is 5.75 Å². The molecule has 35 heavy (non-hydrogen) atoms. The molecule has 2 aromatic heterocycles. The number of carbonyl (C=O) groups is 2. The molecule has 0 fully saturated rings. The van der Waals surface area contributed by atoms with Crippen molar-refractivity contribution in [1.29, 1.82) is 0 Å². The molecule has 0 atom stereocenters. The number of amides is 1. The standard InChI is InChI=1S/C23H23FN4O6S/c1-2-11-33-23(30)20-15-5-3-4-6-19(15)35-22(20)25-21(29)16-9-10-27(26-16)13-34-18-12-14(24)7-8-17(18)28(31)32/h7-10,12H,2-6,11,13H2,1H3,(H,25,29). The molecule has 0 saturated heterocycles. The second-order valence-corrected chi connectivity index (χ2v) is 8.99. The van der Waals surface area contributed by atoms with Gasteiger partial charge in [0.2, 0.25) is 5.75 Å². The second-order valence-electron chi connectivity index (χ2n) is 7.89. The van der Waals surface area contributed by atoms with E-state index in [1.165, 1.54) is 28.3 Å². The molecule has 0 unspecified atom stereocenters. The van der Waals surface area contributed by atoms with Crippen molar-refractivity contribution in [2.45, 2.75) is 45.8 Å². The van der Waals surface area contributed by atoms with Crippen LogP contribution < -0.4 is 10.1 Å². The Kier molecular flexibility index (Phi) is 7.39. The van der Waals surface area contributed by atoms with E-state index in [0.717, 1.165) is 54.3 Å². The zero-order chi connectivity index (χ0) is 24.9. The molecule has 184 valence electrons. The molecule has 0 saturated carbocycles. The molecule has 0 radical (unpaired) electrons. The van der Waals surface area contributed by atoms with Crippen LogP contribution >= 0.6 is 11.3 Å². The number of benzene rings is 1. The van der Waals surface area contributed by atoms with Gasteiger partial charge >= 0.3 is 11.7 Å². The van der Waals surface area contributed by atoms with Gasteiger partial charge in [0.15, 0.2) is 12.4 Å². The van der Waals surface area contributed by atoms with Crippen LogP contribution in [0.3, 0.4) is 0 Å². The fourth-order valence-electron chi connectivity index (χ4n) is 3.75. The molecule has 0 spiro atoms. The molecule has 1 N–H and O–H groups in total. The number of nitro benzene ring substituents is 1. The quantitative estimate of drug-likeness (QED) is 0.255. The van der Waals surface area contributed by atoms with Crippen LogP contribution in [-0.4, -0.2) is 33.2 Å². The normalized spacial score (nSPS) is 12.6. The number of aryl methyl sites for hydroxylation is 1. The fraction of sp³-hybridized carbons (Fsp3) is 0.348. The first-order chi connectivity index (χ1) is 16.9. The van der Waals surface area contributed by atoms with E-state index in [9.17, 15) is 24.1 Å². The lowest BCUT2D eigenvalue weighted by molar-refractivity contribution is -0.386.